The average molecular weight is 329 g/mol. The smallest absolute Gasteiger partial charge is 0.179 e. The molecule has 124 valence electrons. The highest BCUT2D eigenvalue weighted by atomic mass is 35.5. The number of nitrogens with one attached hydrogen (secondary N) is 1. The van der Waals surface area contributed by atoms with Crippen molar-refractivity contribution in [2.75, 3.05) is 40.0 Å². The molecule has 0 amide bonds. The molecule has 0 radical (unpaired) electrons. The van der Waals surface area contributed by atoms with E-state index in [-0.39, 0.29) is 12.6 Å². The Hall–Kier alpha value is -1.01. The van der Waals surface area contributed by atoms with Crippen molar-refractivity contribution in [3.8, 4) is 11.5 Å². The number of hydrogen-bond acceptors (Lipinski definition) is 5. The van der Waals surface area contributed by atoms with Gasteiger partial charge in [0.05, 0.1) is 31.4 Å². The molecule has 2 unspecified atom stereocenters. The van der Waals surface area contributed by atoms with Gasteiger partial charge in [0.2, 0.25) is 0 Å². The third-order valence-electron chi connectivity index (χ3n) is 4.05. The molecule has 2 rings (SSSR count). The average Bonchev–Trinajstić information content (AvgIpc) is 2.52. The maximum Gasteiger partial charge on any atom is 0.179 e. The second-order valence-electron chi connectivity index (χ2n) is 5.46. The van der Waals surface area contributed by atoms with Gasteiger partial charge in [0.1, 0.15) is 0 Å². The molecule has 5 nitrogen and oxygen atoms in total. The van der Waals surface area contributed by atoms with Gasteiger partial charge in [-0.15, -0.1) is 0 Å². The van der Waals surface area contributed by atoms with Crippen LogP contribution in [0.5, 0.6) is 11.5 Å². The number of halogens is 1. The standard InChI is InChI=1S/C16H25ClN2O3/c1-4-22-16-13(17)7-12(8-15(16)21-3)14(10-20)19-6-5-18-9-11(19)2/h7-8,11,14,18,20H,4-6,9-10H2,1-3H3. The van der Waals surface area contributed by atoms with Crippen molar-refractivity contribution in [2.24, 2.45) is 0 Å². The number of aliphatic hydroxyl groups excluding tert-OH is 1. The van der Waals surface area contributed by atoms with Crippen molar-refractivity contribution in [2.45, 2.75) is 25.9 Å². The van der Waals surface area contributed by atoms with Crippen LogP contribution in [-0.4, -0.2) is 56.0 Å². The van der Waals surface area contributed by atoms with Crippen LogP contribution < -0.4 is 14.8 Å². The minimum atomic E-state index is -0.0980. The maximum absolute atomic E-state index is 9.90. The summed E-state index contributed by atoms with van der Waals surface area (Å²) in [5.41, 5.74) is 0.946. The lowest BCUT2D eigenvalue weighted by molar-refractivity contribution is 0.0722. The van der Waals surface area contributed by atoms with Crippen LogP contribution in [0.15, 0.2) is 12.1 Å². The molecular weight excluding hydrogens is 304 g/mol. The van der Waals surface area contributed by atoms with Crippen LogP contribution >= 0.6 is 11.6 Å². The molecule has 1 aromatic carbocycles. The Morgan fingerprint density at radius 3 is 2.86 bits per heavy atom. The molecule has 0 aliphatic carbocycles. The quantitative estimate of drug-likeness (QED) is 0.837. The molecule has 1 aliphatic heterocycles. The lowest BCUT2D eigenvalue weighted by Gasteiger charge is -2.39. The van der Waals surface area contributed by atoms with E-state index in [0.29, 0.717) is 29.2 Å². The predicted molar refractivity (Wildman–Crippen MR) is 88.0 cm³/mol. The van der Waals surface area contributed by atoms with E-state index in [1.807, 2.05) is 19.1 Å². The van der Waals surface area contributed by atoms with Crippen molar-refractivity contribution in [3.63, 3.8) is 0 Å². The van der Waals surface area contributed by atoms with Gasteiger partial charge in [0, 0.05) is 25.7 Å². The number of rotatable bonds is 6. The third kappa shape index (κ3) is 3.66. The summed E-state index contributed by atoms with van der Waals surface area (Å²) in [6.45, 7) is 7.34. The SMILES string of the molecule is CCOc1c(Cl)cc(C(CO)N2CCNCC2C)cc1OC. The van der Waals surface area contributed by atoms with E-state index < -0.39 is 0 Å². The first-order valence-electron chi connectivity index (χ1n) is 7.69. The summed E-state index contributed by atoms with van der Waals surface area (Å²) >= 11 is 6.35. The minimum absolute atomic E-state index is 0.0395. The predicted octanol–water partition coefficient (Wildman–Crippen LogP) is 2.07. The zero-order chi connectivity index (χ0) is 16.1. The van der Waals surface area contributed by atoms with Gasteiger partial charge < -0.3 is 19.9 Å². The molecule has 22 heavy (non-hydrogen) atoms. The summed E-state index contributed by atoms with van der Waals surface area (Å²) in [7, 11) is 1.60. The van der Waals surface area contributed by atoms with Crippen molar-refractivity contribution < 1.29 is 14.6 Å². The second-order valence-corrected chi connectivity index (χ2v) is 5.86. The van der Waals surface area contributed by atoms with Gasteiger partial charge in [0.15, 0.2) is 11.5 Å². The van der Waals surface area contributed by atoms with Crippen molar-refractivity contribution in [1.82, 2.24) is 10.2 Å². The van der Waals surface area contributed by atoms with Crippen LogP contribution in [0.2, 0.25) is 5.02 Å². The van der Waals surface area contributed by atoms with Crippen molar-refractivity contribution in [3.05, 3.63) is 22.7 Å². The van der Waals surface area contributed by atoms with E-state index in [1.54, 1.807) is 7.11 Å². The molecule has 0 aromatic heterocycles. The largest absolute Gasteiger partial charge is 0.493 e. The first-order valence-corrected chi connectivity index (χ1v) is 8.07. The van der Waals surface area contributed by atoms with Gasteiger partial charge in [0.25, 0.3) is 0 Å². The summed E-state index contributed by atoms with van der Waals surface area (Å²) in [5.74, 6) is 1.16. The number of ether oxygens (including phenoxy) is 2. The van der Waals surface area contributed by atoms with Gasteiger partial charge in [-0.1, -0.05) is 11.6 Å². The Morgan fingerprint density at radius 2 is 2.27 bits per heavy atom. The van der Waals surface area contributed by atoms with Crippen LogP contribution in [0, 0.1) is 0 Å². The van der Waals surface area contributed by atoms with Gasteiger partial charge in [-0.3, -0.25) is 4.90 Å². The van der Waals surface area contributed by atoms with Crippen LogP contribution in [0.4, 0.5) is 0 Å². The summed E-state index contributed by atoms with van der Waals surface area (Å²) in [6.07, 6.45) is 0. The van der Waals surface area contributed by atoms with E-state index in [2.05, 4.69) is 17.1 Å². The van der Waals surface area contributed by atoms with Gasteiger partial charge >= 0.3 is 0 Å². The Kier molecular flexibility index (Phi) is 6.32. The topological polar surface area (TPSA) is 54.0 Å². The van der Waals surface area contributed by atoms with E-state index in [0.717, 1.165) is 25.2 Å². The second kappa shape index (κ2) is 8.02. The first-order chi connectivity index (χ1) is 10.6. The number of piperazine rings is 1. The lowest BCUT2D eigenvalue weighted by atomic mass is 10.0. The van der Waals surface area contributed by atoms with E-state index >= 15 is 0 Å². The number of nitrogens with zero attached hydrogens (tertiary/aromatic N) is 1. The minimum Gasteiger partial charge on any atom is -0.493 e. The van der Waals surface area contributed by atoms with E-state index in [9.17, 15) is 5.11 Å². The number of aliphatic hydroxyl groups is 1. The van der Waals surface area contributed by atoms with Gasteiger partial charge in [-0.2, -0.15) is 0 Å². The summed E-state index contributed by atoms with van der Waals surface area (Å²) in [6, 6.07) is 4.03. The highest BCUT2D eigenvalue weighted by Crippen LogP contribution is 2.39. The Balaban J connectivity index is 2.34. The Morgan fingerprint density at radius 1 is 1.50 bits per heavy atom. The summed E-state index contributed by atoms with van der Waals surface area (Å²) < 4.78 is 11.0. The molecule has 1 aromatic rings. The molecule has 1 saturated heterocycles. The molecule has 0 bridgehead atoms. The molecule has 1 heterocycles. The number of hydrogen-bond donors (Lipinski definition) is 2. The highest BCUT2D eigenvalue weighted by molar-refractivity contribution is 6.32. The molecule has 2 atom stereocenters. The van der Waals surface area contributed by atoms with Gasteiger partial charge in [-0.25, -0.2) is 0 Å². The monoisotopic (exact) mass is 328 g/mol. The molecule has 6 heteroatoms. The fourth-order valence-corrected chi connectivity index (χ4v) is 3.21. The number of benzene rings is 1. The van der Waals surface area contributed by atoms with Crippen LogP contribution in [-0.2, 0) is 0 Å². The molecule has 2 N–H and O–H groups in total. The van der Waals surface area contributed by atoms with Crippen molar-refractivity contribution >= 4 is 11.6 Å². The Bertz CT molecular complexity index is 499. The molecule has 0 saturated carbocycles. The Labute approximate surface area is 137 Å². The van der Waals surface area contributed by atoms with Crippen LogP contribution in [0.3, 0.4) is 0 Å². The lowest BCUT2D eigenvalue weighted by Crippen LogP contribution is -2.51. The van der Waals surface area contributed by atoms with Crippen LogP contribution in [0.25, 0.3) is 0 Å². The summed E-state index contributed by atoms with van der Waals surface area (Å²) in [5, 5.41) is 13.8. The number of methoxy groups -OCH3 is 1. The molecular formula is C16H25ClN2O3. The maximum atomic E-state index is 9.90. The molecule has 1 aliphatic rings. The zero-order valence-corrected chi connectivity index (χ0v) is 14.2. The summed E-state index contributed by atoms with van der Waals surface area (Å²) in [4.78, 5) is 2.29. The third-order valence-corrected chi connectivity index (χ3v) is 4.33. The fourth-order valence-electron chi connectivity index (χ4n) is 2.94. The molecule has 1 fully saturated rings. The highest BCUT2D eigenvalue weighted by Gasteiger charge is 2.28. The van der Waals surface area contributed by atoms with E-state index in [4.69, 9.17) is 21.1 Å². The molecule has 0 spiro atoms. The fraction of sp³-hybridized carbons (Fsp3) is 0.625. The first kappa shape index (κ1) is 17.3. The zero-order valence-electron chi connectivity index (χ0n) is 13.4. The van der Waals surface area contributed by atoms with Crippen molar-refractivity contribution in [1.29, 1.82) is 0 Å². The van der Waals surface area contributed by atoms with Gasteiger partial charge in [-0.05, 0) is 31.5 Å². The van der Waals surface area contributed by atoms with E-state index in [1.165, 1.54) is 0 Å². The van der Waals surface area contributed by atoms with Crippen LogP contribution in [0.1, 0.15) is 25.5 Å². The normalized spacial score (nSPS) is 20.7.